The summed E-state index contributed by atoms with van der Waals surface area (Å²) in [4.78, 5) is 4.20. The first kappa shape index (κ1) is 14.9. The first-order valence-corrected chi connectivity index (χ1v) is 6.26. The molecule has 0 spiro atoms. The summed E-state index contributed by atoms with van der Waals surface area (Å²) < 4.78 is 10.7. The van der Waals surface area contributed by atoms with Crippen LogP contribution in [0.15, 0.2) is 18.3 Å². The molecule has 18 heavy (non-hydrogen) atoms. The Hall–Kier alpha value is -1.13. The molecule has 0 saturated carbocycles. The SMILES string of the molecule is COCC(C)Oc1cc(CNC(C)(C)C)ccn1. The summed E-state index contributed by atoms with van der Waals surface area (Å²) in [5.41, 5.74) is 1.27. The molecule has 0 saturated heterocycles. The van der Waals surface area contributed by atoms with E-state index in [0.717, 1.165) is 6.54 Å². The van der Waals surface area contributed by atoms with Gasteiger partial charge in [-0.2, -0.15) is 0 Å². The molecule has 0 aromatic carbocycles. The lowest BCUT2D eigenvalue weighted by atomic mass is 10.1. The maximum Gasteiger partial charge on any atom is 0.213 e. The quantitative estimate of drug-likeness (QED) is 0.844. The van der Waals surface area contributed by atoms with Crippen molar-refractivity contribution in [3.63, 3.8) is 0 Å². The van der Waals surface area contributed by atoms with Crippen molar-refractivity contribution < 1.29 is 9.47 Å². The Morgan fingerprint density at radius 3 is 2.72 bits per heavy atom. The van der Waals surface area contributed by atoms with Crippen LogP contribution in [-0.2, 0) is 11.3 Å². The lowest BCUT2D eigenvalue weighted by molar-refractivity contribution is 0.0889. The van der Waals surface area contributed by atoms with E-state index in [1.807, 2.05) is 19.1 Å². The van der Waals surface area contributed by atoms with Gasteiger partial charge in [0.15, 0.2) is 0 Å². The molecule has 4 heteroatoms. The highest BCUT2D eigenvalue weighted by Crippen LogP contribution is 2.12. The van der Waals surface area contributed by atoms with Crippen LogP contribution in [0.2, 0.25) is 0 Å². The van der Waals surface area contributed by atoms with E-state index in [9.17, 15) is 0 Å². The third kappa shape index (κ3) is 5.98. The Morgan fingerprint density at radius 2 is 2.11 bits per heavy atom. The summed E-state index contributed by atoms with van der Waals surface area (Å²) in [6.45, 7) is 9.77. The summed E-state index contributed by atoms with van der Waals surface area (Å²) >= 11 is 0. The standard InChI is InChI=1S/C14H24N2O2/c1-11(10-17-5)18-13-8-12(6-7-15-13)9-16-14(2,3)4/h6-8,11,16H,9-10H2,1-5H3. The van der Waals surface area contributed by atoms with Crippen LogP contribution in [0.5, 0.6) is 5.88 Å². The van der Waals surface area contributed by atoms with E-state index in [2.05, 4.69) is 31.1 Å². The predicted molar refractivity (Wildman–Crippen MR) is 72.8 cm³/mol. The highest BCUT2D eigenvalue weighted by Gasteiger charge is 2.09. The molecule has 0 amide bonds. The molecule has 1 unspecified atom stereocenters. The average Bonchev–Trinajstić information content (AvgIpc) is 2.26. The third-order valence-electron chi connectivity index (χ3n) is 2.35. The van der Waals surface area contributed by atoms with Gasteiger partial charge in [-0.3, -0.25) is 0 Å². The molecule has 1 heterocycles. The van der Waals surface area contributed by atoms with Crippen LogP contribution in [0, 0.1) is 0 Å². The Kier molecular flexibility index (Phi) is 5.56. The lowest BCUT2D eigenvalue weighted by Gasteiger charge is -2.20. The number of nitrogens with zero attached hydrogens (tertiary/aromatic N) is 1. The zero-order valence-electron chi connectivity index (χ0n) is 12.0. The molecule has 0 bridgehead atoms. The van der Waals surface area contributed by atoms with Gasteiger partial charge >= 0.3 is 0 Å². The second-order valence-corrected chi connectivity index (χ2v) is 5.49. The van der Waals surface area contributed by atoms with E-state index in [4.69, 9.17) is 9.47 Å². The Labute approximate surface area is 110 Å². The molecule has 0 aliphatic heterocycles. The van der Waals surface area contributed by atoms with Crippen molar-refractivity contribution in [2.45, 2.75) is 45.9 Å². The van der Waals surface area contributed by atoms with Crippen LogP contribution in [0.25, 0.3) is 0 Å². The van der Waals surface area contributed by atoms with Crippen molar-refractivity contribution in [3.05, 3.63) is 23.9 Å². The number of hydrogen-bond donors (Lipinski definition) is 1. The summed E-state index contributed by atoms with van der Waals surface area (Å²) in [6.07, 6.45) is 1.78. The van der Waals surface area contributed by atoms with Gasteiger partial charge in [0.05, 0.1) is 6.61 Å². The Balaban J connectivity index is 2.56. The first-order valence-electron chi connectivity index (χ1n) is 6.26. The molecule has 0 aliphatic carbocycles. The van der Waals surface area contributed by atoms with Crippen molar-refractivity contribution >= 4 is 0 Å². The maximum absolute atomic E-state index is 5.66. The van der Waals surface area contributed by atoms with Gasteiger partial charge in [0.2, 0.25) is 5.88 Å². The van der Waals surface area contributed by atoms with Crippen molar-refractivity contribution in [2.24, 2.45) is 0 Å². The number of rotatable bonds is 6. The van der Waals surface area contributed by atoms with Gasteiger partial charge < -0.3 is 14.8 Å². The summed E-state index contributed by atoms with van der Waals surface area (Å²) in [5, 5.41) is 3.44. The minimum Gasteiger partial charge on any atom is -0.472 e. The number of hydrogen-bond acceptors (Lipinski definition) is 4. The monoisotopic (exact) mass is 252 g/mol. The Morgan fingerprint density at radius 1 is 1.39 bits per heavy atom. The van der Waals surface area contributed by atoms with Crippen LogP contribution in [0.4, 0.5) is 0 Å². The van der Waals surface area contributed by atoms with Crippen LogP contribution in [0.1, 0.15) is 33.3 Å². The molecule has 102 valence electrons. The molecule has 1 aromatic rings. The van der Waals surface area contributed by atoms with Gasteiger partial charge in [0, 0.05) is 31.5 Å². The molecular formula is C14H24N2O2. The second-order valence-electron chi connectivity index (χ2n) is 5.49. The molecular weight excluding hydrogens is 228 g/mol. The lowest BCUT2D eigenvalue weighted by Crippen LogP contribution is -2.35. The zero-order chi connectivity index (χ0) is 13.6. The number of aromatic nitrogens is 1. The van der Waals surface area contributed by atoms with E-state index in [1.54, 1.807) is 13.3 Å². The van der Waals surface area contributed by atoms with E-state index in [1.165, 1.54) is 5.56 Å². The molecule has 4 nitrogen and oxygen atoms in total. The highest BCUT2D eigenvalue weighted by molar-refractivity contribution is 5.20. The smallest absolute Gasteiger partial charge is 0.213 e. The van der Waals surface area contributed by atoms with Gasteiger partial charge in [0.25, 0.3) is 0 Å². The molecule has 0 fully saturated rings. The molecule has 0 aliphatic rings. The minimum absolute atomic E-state index is 0.00771. The summed E-state index contributed by atoms with van der Waals surface area (Å²) in [7, 11) is 1.66. The number of methoxy groups -OCH3 is 1. The molecule has 1 atom stereocenters. The number of nitrogens with one attached hydrogen (secondary N) is 1. The first-order chi connectivity index (χ1) is 8.40. The van der Waals surface area contributed by atoms with Gasteiger partial charge in [-0.1, -0.05) is 0 Å². The largest absolute Gasteiger partial charge is 0.472 e. The van der Waals surface area contributed by atoms with Gasteiger partial charge in [-0.15, -0.1) is 0 Å². The summed E-state index contributed by atoms with van der Waals surface area (Å²) in [6, 6.07) is 3.96. The molecule has 0 radical (unpaired) electrons. The van der Waals surface area contributed by atoms with Crippen molar-refractivity contribution in [3.8, 4) is 5.88 Å². The minimum atomic E-state index is 0.00771. The zero-order valence-corrected chi connectivity index (χ0v) is 12.0. The van der Waals surface area contributed by atoms with Gasteiger partial charge in [-0.05, 0) is 39.3 Å². The third-order valence-corrected chi connectivity index (χ3v) is 2.35. The maximum atomic E-state index is 5.66. The van der Waals surface area contributed by atoms with E-state index in [-0.39, 0.29) is 11.6 Å². The Bertz CT molecular complexity index is 361. The molecule has 1 rings (SSSR count). The summed E-state index contributed by atoms with van der Waals surface area (Å²) in [5.74, 6) is 0.646. The van der Waals surface area contributed by atoms with E-state index in [0.29, 0.717) is 12.5 Å². The van der Waals surface area contributed by atoms with Crippen molar-refractivity contribution in [1.29, 1.82) is 0 Å². The van der Waals surface area contributed by atoms with E-state index < -0.39 is 0 Å². The van der Waals surface area contributed by atoms with Crippen molar-refractivity contribution in [2.75, 3.05) is 13.7 Å². The highest BCUT2D eigenvalue weighted by atomic mass is 16.5. The number of ether oxygens (including phenoxy) is 2. The molecule has 1 N–H and O–H groups in total. The second kappa shape index (κ2) is 6.71. The fraction of sp³-hybridized carbons (Fsp3) is 0.643. The van der Waals surface area contributed by atoms with Gasteiger partial charge in [-0.25, -0.2) is 4.98 Å². The van der Waals surface area contributed by atoms with Crippen molar-refractivity contribution in [1.82, 2.24) is 10.3 Å². The van der Waals surface area contributed by atoms with E-state index >= 15 is 0 Å². The fourth-order valence-electron chi connectivity index (χ4n) is 1.47. The normalized spacial score (nSPS) is 13.4. The van der Waals surface area contributed by atoms with Crippen LogP contribution in [0.3, 0.4) is 0 Å². The van der Waals surface area contributed by atoms with Crippen LogP contribution < -0.4 is 10.1 Å². The fourth-order valence-corrected chi connectivity index (χ4v) is 1.47. The number of pyridine rings is 1. The average molecular weight is 252 g/mol. The van der Waals surface area contributed by atoms with Crippen LogP contribution >= 0.6 is 0 Å². The topological polar surface area (TPSA) is 43.4 Å². The molecule has 1 aromatic heterocycles. The van der Waals surface area contributed by atoms with Gasteiger partial charge in [0.1, 0.15) is 6.10 Å². The van der Waals surface area contributed by atoms with Crippen LogP contribution in [-0.4, -0.2) is 30.3 Å². The predicted octanol–water partition coefficient (Wildman–Crippen LogP) is 2.38.